The number of para-hydroxylation sites is 1. The summed E-state index contributed by atoms with van der Waals surface area (Å²) in [6, 6.07) is 11.7. The third-order valence-corrected chi connectivity index (χ3v) is 5.33. The highest BCUT2D eigenvalue weighted by atomic mass is 16.1. The van der Waals surface area contributed by atoms with E-state index in [4.69, 9.17) is 5.84 Å². The van der Waals surface area contributed by atoms with Crippen LogP contribution in [0.2, 0.25) is 0 Å². The van der Waals surface area contributed by atoms with Gasteiger partial charge in [0.2, 0.25) is 6.41 Å². The van der Waals surface area contributed by atoms with Gasteiger partial charge in [0.05, 0.1) is 28.6 Å². The first kappa shape index (κ1) is 19.1. The monoisotopic (exact) mass is 391 g/mol. The maximum absolute atomic E-state index is 11.1. The van der Waals surface area contributed by atoms with Crippen LogP contribution in [0.4, 0.5) is 5.69 Å². The number of likely N-dealkylation sites (N-methyl/N-ethyl adjacent to an activating group) is 1. The molecule has 3 N–H and O–H groups in total. The average Bonchev–Trinajstić information content (AvgIpc) is 3.37. The fraction of sp³-hybridized carbons (Fsp3) is 0.286. The number of hydrazine groups is 1. The summed E-state index contributed by atoms with van der Waals surface area (Å²) in [5.41, 5.74) is 4.99. The summed E-state index contributed by atoms with van der Waals surface area (Å²) in [5.74, 6) is 6.46. The SMILES string of the molecule is CCN(CC)CCn1cnc2cc(-c3nc4c(N(N)C=O)cccc4[nH]3)ccc21. The zero-order valence-electron chi connectivity index (χ0n) is 16.7. The van der Waals surface area contributed by atoms with E-state index < -0.39 is 0 Å². The maximum atomic E-state index is 11.1. The molecule has 8 nitrogen and oxygen atoms in total. The van der Waals surface area contributed by atoms with Gasteiger partial charge in [0.15, 0.2) is 0 Å². The fourth-order valence-corrected chi connectivity index (χ4v) is 3.60. The zero-order valence-corrected chi connectivity index (χ0v) is 16.7. The molecule has 0 fully saturated rings. The molecule has 0 saturated heterocycles. The van der Waals surface area contributed by atoms with Crippen molar-refractivity contribution in [2.45, 2.75) is 20.4 Å². The number of nitrogens with one attached hydrogen (secondary N) is 1. The minimum absolute atomic E-state index is 0.557. The lowest BCUT2D eigenvalue weighted by Gasteiger charge is -2.18. The number of imidazole rings is 2. The molecule has 2 aromatic heterocycles. The van der Waals surface area contributed by atoms with E-state index in [-0.39, 0.29) is 0 Å². The highest BCUT2D eigenvalue weighted by Gasteiger charge is 2.13. The van der Waals surface area contributed by atoms with Gasteiger partial charge in [-0.2, -0.15) is 0 Å². The molecule has 2 aromatic carbocycles. The Morgan fingerprint density at radius 1 is 1.21 bits per heavy atom. The Hall–Kier alpha value is -3.23. The van der Waals surface area contributed by atoms with Crippen molar-refractivity contribution < 1.29 is 4.79 Å². The standard InChI is InChI=1S/C21H25N7O/c1-3-26(4-2)10-11-27-13-23-17-12-15(8-9-18(17)27)21-24-16-6-5-7-19(20(16)25-21)28(22)14-29/h5-9,12-14H,3-4,10-11,22H2,1-2H3,(H,24,25). The first-order valence-electron chi connectivity index (χ1n) is 9.80. The molecule has 1 amide bonds. The number of carbonyl (C=O) groups is 1. The largest absolute Gasteiger partial charge is 0.338 e. The highest BCUT2D eigenvalue weighted by molar-refractivity contribution is 5.95. The number of aromatic amines is 1. The van der Waals surface area contributed by atoms with Crippen molar-refractivity contribution in [1.29, 1.82) is 0 Å². The van der Waals surface area contributed by atoms with E-state index >= 15 is 0 Å². The van der Waals surface area contributed by atoms with Gasteiger partial charge >= 0.3 is 0 Å². The van der Waals surface area contributed by atoms with E-state index in [9.17, 15) is 4.79 Å². The second kappa shape index (κ2) is 8.02. The van der Waals surface area contributed by atoms with Crippen LogP contribution in [-0.2, 0) is 11.3 Å². The Kier molecular flexibility index (Phi) is 5.28. The Morgan fingerprint density at radius 3 is 2.79 bits per heavy atom. The molecule has 8 heteroatoms. The van der Waals surface area contributed by atoms with E-state index in [0.29, 0.717) is 23.4 Å². The number of anilines is 1. The molecule has 0 aliphatic carbocycles. The molecule has 0 aliphatic heterocycles. The van der Waals surface area contributed by atoms with Crippen LogP contribution < -0.4 is 10.9 Å². The molecule has 0 unspecified atom stereocenters. The number of aromatic nitrogens is 4. The number of nitrogens with two attached hydrogens (primary N) is 1. The summed E-state index contributed by atoms with van der Waals surface area (Å²) in [4.78, 5) is 26.0. The molecule has 29 heavy (non-hydrogen) atoms. The minimum Gasteiger partial charge on any atom is -0.338 e. The first-order valence-corrected chi connectivity index (χ1v) is 9.80. The molecule has 0 radical (unpaired) electrons. The number of hydrogen-bond donors (Lipinski definition) is 2. The molecule has 2 heterocycles. The van der Waals surface area contributed by atoms with Gasteiger partial charge in [0, 0.05) is 18.7 Å². The van der Waals surface area contributed by atoms with Crippen molar-refractivity contribution in [3.8, 4) is 11.4 Å². The van der Waals surface area contributed by atoms with Crippen molar-refractivity contribution in [1.82, 2.24) is 24.4 Å². The summed E-state index contributed by atoms with van der Waals surface area (Å²) in [6.07, 6.45) is 2.46. The second-order valence-electron chi connectivity index (χ2n) is 6.94. The van der Waals surface area contributed by atoms with Gasteiger partial charge in [-0.15, -0.1) is 0 Å². The predicted octanol–water partition coefficient (Wildman–Crippen LogP) is 2.76. The molecule has 0 atom stereocenters. The number of fused-ring (bicyclic) bond motifs is 2. The van der Waals surface area contributed by atoms with Crippen molar-refractivity contribution >= 4 is 34.2 Å². The molecule has 4 rings (SSSR count). The zero-order chi connectivity index (χ0) is 20.4. The van der Waals surface area contributed by atoms with Crippen LogP contribution in [0.25, 0.3) is 33.5 Å². The van der Waals surface area contributed by atoms with Crippen LogP contribution >= 0.6 is 0 Å². The summed E-state index contributed by atoms with van der Waals surface area (Å²) >= 11 is 0. The van der Waals surface area contributed by atoms with Crippen molar-refractivity contribution in [3.63, 3.8) is 0 Å². The van der Waals surface area contributed by atoms with Crippen LogP contribution in [0.5, 0.6) is 0 Å². The molecule has 0 saturated carbocycles. The van der Waals surface area contributed by atoms with Crippen LogP contribution in [-0.4, -0.2) is 50.5 Å². The van der Waals surface area contributed by atoms with Crippen molar-refractivity contribution in [3.05, 3.63) is 42.7 Å². The van der Waals surface area contributed by atoms with Gasteiger partial charge in [-0.1, -0.05) is 19.9 Å². The third kappa shape index (κ3) is 3.59. The number of carbonyl (C=O) groups excluding carboxylic acids is 1. The van der Waals surface area contributed by atoms with Crippen LogP contribution in [0.1, 0.15) is 13.8 Å². The highest BCUT2D eigenvalue weighted by Crippen LogP contribution is 2.28. The molecular weight excluding hydrogens is 366 g/mol. The van der Waals surface area contributed by atoms with E-state index in [1.807, 2.05) is 30.6 Å². The van der Waals surface area contributed by atoms with Crippen LogP contribution in [0.15, 0.2) is 42.7 Å². The van der Waals surface area contributed by atoms with E-state index in [1.165, 1.54) is 0 Å². The number of amides is 1. The Bertz CT molecular complexity index is 1140. The van der Waals surface area contributed by atoms with E-state index in [2.05, 4.69) is 44.3 Å². The average molecular weight is 391 g/mol. The van der Waals surface area contributed by atoms with E-state index in [0.717, 1.165) is 53.3 Å². The number of hydrogen-bond acceptors (Lipinski definition) is 5. The summed E-state index contributed by atoms with van der Waals surface area (Å²) in [5, 5.41) is 1.04. The fourth-order valence-electron chi connectivity index (χ4n) is 3.60. The van der Waals surface area contributed by atoms with Gasteiger partial charge in [-0.25, -0.2) is 20.8 Å². The summed E-state index contributed by atoms with van der Waals surface area (Å²) in [7, 11) is 0. The number of nitrogens with zero attached hydrogens (tertiary/aromatic N) is 5. The molecule has 150 valence electrons. The number of H-pyrrole nitrogens is 1. The number of benzene rings is 2. The van der Waals surface area contributed by atoms with E-state index in [1.54, 1.807) is 6.07 Å². The first-order chi connectivity index (χ1) is 14.1. The molecular formula is C21H25N7O. The quantitative estimate of drug-likeness (QED) is 0.208. The molecule has 0 spiro atoms. The minimum atomic E-state index is 0.557. The third-order valence-electron chi connectivity index (χ3n) is 5.33. The molecule has 0 aliphatic rings. The van der Waals surface area contributed by atoms with Crippen molar-refractivity contribution in [2.24, 2.45) is 5.84 Å². The normalized spacial score (nSPS) is 11.6. The lowest BCUT2D eigenvalue weighted by molar-refractivity contribution is -0.107. The second-order valence-corrected chi connectivity index (χ2v) is 6.94. The van der Waals surface area contributed by atoms with Gasteiger partial charge < -0.3 is 14.5 Å². The lowest BCUT2D eigenvalue weighted by Crippen LogP contribution is -2.28. The van der Waals surface area contributed by atoms with Gasteiger partial charge in [-0.3, -0.25) is 4.79 Å². The van der Waals surface area contributed by atoms with Gasteiger partial charge in [0.25, 0.3) is 0 Å². The topological polar surface area (TPSA) is 96.1 Å². The maximum Gasteiger partial charge on any atom is 0.228 e. The Balaban J connectivity index is 1.66. The summed E-state index contributed by atoms with van der Waals surface area (Å²) in [6.45, 7) is 8.36. The van der Waals surface area contributed by atoms with Crippen LogP contribution in [0.3, 0.4) is 0 Å². The lowest BCUT2D eigenvalue weighted by atomic mass is 10.2. The summed E-state index contributed by atoms with van der Waals surface area (Å²) < 4.78 is 2.19. The predicted molar refractivity (Wildman–Crippen MR) is 115 cm³/mol. The Morgan fingerprint density at radius 2 is 2.03 bits per heavy atom. The molecule has 0 bridgehead atoms. The molecule has 4 aromatic rings. The van der Waals surface area contributed by atoms with Gasteiger partial charge in [0.1, 0.15) is 11.3 Å². The van der Waals surface area contributed by atoms with Crippen molar-refractivity contribution in [2.75, 3.05) is 24.6 Å². The number of rotatable bonds is 8. The van der Waals surface area contributed by atoms with Crippen LogP contribution in [0, 0.1) is 0 Å². The smallest absolute Gasteiger partial charge is 0.228 e. The van der Waals surface area contributed by atoms with Gasteiger partial charge in [-0.05, 0) is 43.4 Å². The Labute approximate surface area is 168 Å².